The van der Waals surface area contributed by atoms with Crippen molar-refractivity contribution in [3.8, 4) is 5.75 Å². The summed E-state index contributed by atoms with van der Waals surface area (Å²) in [5, 5.41) is 11.8. The lowest BCUT2D eigenvalue weighted by atomic mass is 9.62. The molecule has 1 aliphatic carbocycles. The highest BCUT2D eigenvalue weighted by Crippen LogP contribution is 2.58. The zero-order valence-electron chi connectivity index (χ0n) is 19.4. The van der Waals surface area contributed by atoms with Crippen LogP contribution >= 0.6 is 15.9 Å². The molecule has 1 saturated carbocycles. The molecule has 3 saturated heterocycles. The van der Waals surface area contributed by atoms with Crippen LogP contribution in [-0.2, 0) is 11.3 Å². The van der Waals surface area contributed by atoms with Crippen molar-refractivity contribution in [3.63, 3.8) is 0 Å². The second-order valence-electron chi connectivity index (χ2n) is 11.0. The van der Waals surface area contributed by atoms with Crippen molar-refractivity contribution >= 4 is 32.7 Å². The third-order valence-corrected chi connectivity index (χ3v) is 10.4. The van der Waals surface area contributed by atoms with Gasteiger partial charge in [0.1, 0.15) is 18.3 Å². The maximum Gasteiger partial charge on any atom is 0.306 e. The Labute approximate surface area is 204 Å². The second kappa shape index (κ2) is 8.23. The number of ether oxygens (including phenoxy) is 1. The fourth-order valence-corrected chi connectivity index (χ4v) is 8.12. The van der Waals surface area contributed by atoms with Crippen LogP contribution in [0.15, 0.2) is 28.9 Å². The van der Waals surface area contributed by atoms with Gasteiger partial charge in [0.2, 0.25) is 0 Å². The molecule has 4 heterocycles. The average Bonchev–Trinajstić information content (AvgIpc) is 2.79. The molecule has 0 amide bonds. The number of carbonyl (C=O) groups is 1. The maximum absolute atomic E-state index is 11.6. The predicted octanol–water partition coefficient (Wildman–Crippen LogP) is 6.07. The number of hydrogen-bond acceptors (Lipinski definition) is 3. The van der Waals surface area contributed by atoms with Gasteiger partial charge in [-0.2, -0.15) is 0 Å². The van der Waals surface area contributed by atoms with Crippen LogP contribution in [0.2, 0.25) is 0 Å². The Kier molecular flexibility index (Phi) is 5.45. The molecule has 2 unspecified atom stereocenters. The van der Waals surface area contributed by atoms with Gasteiger partial charge < -0.3 is 14.3 Å². The number of aliphatic carboxylic acids is 1. The first kappa shape index (κ1) is 21.8. The molecular weight excluding hydrogens is 480 g/mol. The van der Waals surface area contributed by atoms with Crippen LogP contribution in [0.4, 0.5) is 0 Å². The number of quaternary nitrogens is 1. The van der Waals surface area contributed by atoms with Gasteiger partial charge in [0.15, 0.2) is 0 Å². The third kappa shape index (κ3) is 3.51. The molecule has 2 atom stereocenters. The molecule has 4 fully saturated rings. The van der Waals surface area contributed by atoms with Crippen LogP contribution in [-0.4, -0.2) is 44.8 Å². The normalized spacial score (nSPS) is 37.0. The lowest BCUT2D eigenvalue weighted by Gasteiger charge is -2.72. The van der Waals surface area contributed by atoms with Gasteiger partial charge in [0, 0.05) is 24.4 Å². The van der Waals surface area contributed by atoms with Gasteiger partial charge in [-0.25, -0.2) is 0 Å². The van der Waals surface area contributed by atoms with Crippen molar-refractivity contribution in [3.05, 3.63) is 34.6 Å². The zero-order chi connectivity index (χ0) is 22.7. The molecule has 4 aliphatic rings. The number of carboxylic acids is 1. The van der Waals surface area contributed by atoms with E-state index in [-0.39, 0.29) is 5.92 Å². The number of nitrogens with zero attached hydrogens (tertiary/aromatic N) is 2. The molecule has 5 nitrogen and oxygen atoms in total. The number of aromatic nitrogens is 1. The summed E-state index contributed by atoms with van der Waals surface area (Å²) in [6.45, 7) is 3.24. The van der Waals surface area contributed by atoms with Crippen LogP contribution in [0.25, 0.3) is 10.8 Å². The number of hydrogen-bond donors (Lipinski definition) is 1. The highest BCUT2D eigenvalue weighted by atomic mass is 79.9. The van der Waals surface area contributed by atoms with Crippen molar-refractivity contribution in [1.29, 1.82) is 0 Å². The van der Waals surface area contributed by atoms with Gasteiger partial charge in [0.05, 0.1) is 47.1 Å². The molecule has 0 spiro atoms. The first-order chi connectivity index (χ1) is 16.0. The molecule has 3 aliphatic heterocycles. The third-order valence-electron chi connectivity index (χ3n) is 9.55. The van der Waals surface area contributed by atoms with Crippen LogP contribution in [0.3, 0.4) is 0 Å². The number of fused-ring (bicyclic) bond motifs is 1. The predicted molar refractivity (Wildman–Crippen MR) is 131 cm³/mol. The van der Waals surface area contributed by atoms with E-state index in [4.69, 9.17) is 9.72 Å². The number of benzene rings is 1. The Bertz CT molecular complexity index is 1060. The second-order valence-corrected chi connectivity index (χ2v) is 11.8. The van der Waals surface area contributed by atoms with E-state index in [1.165, 1.54) is 37.5 Å². The average molecular weight is 514 g/mol. The van der Waals surface area contributed by atoms with Crippen LogP contribution in [0, 0.1) is 11.8 Å². The Hall–Kier alpha value is -1.66. The van der Waals surface area contributed by atoms with E-state index >= 15 is 0 Å². The van der Waals surface area contributed by atoms with E-state index in [2.05, 4.69) is 41.1 Å². The van der Waals surface area contributed by atoms with Gasteiger partial charge in [-0.3, -0.25) is 9.78 Å². The quantitative estimate of drug-likeness (QED) is 0.476. The van der Waals surface area contributed by atoms with Crippen LogP contribution in [0.5, 0.6) is 5.75 Å². The number of carboxylic acid groups (broad SMARTS) is 1. The van der Waals surface area contributed by atoms with Gasteiger partial charge in [-0.05, 0) is 65.1 Å². The maximum atomic E-state index is 11.6. The number of rotatable bonds is 6. The van der Waals surface area contributed by atoms with E-state index in [1.54, 1.807) is 0 Å². The lowest BCUT2D eigenvalue weighted by Crippen LogP contribution is -2.85. The molecule has 1 aromatic carbocycles. The van der Waals surface area contributed by atoms with Crippen molar-refractivity contribution in [2.45, 2.75) is 95.5 Å². The Morgan fingerprint density at radius 1 is 1.12 bits per heavy atom. The standard InChI is InChI=1S/C27H33BrN2O3/c1-2-16-3-6-23(7-4-16)33-25-8-5-17-9-19(29-14-24(17)26(25)28)15-30-20-10-18(27(31)32)11-21(30)13-22(30)12-20/h5,8-9,14,16,18,20-23H,2-4,6-7,10-13,15H2,1H3/p+1. The van der Waals surface area contributed by atoms with Crippen LogP contribution < -0.4 is 4.74 Å². The summed E-state index contributed by atoms with van der Waals surface area (Å²) in [7, 11) is 0. The monoisotopic (exact) mass is 513 g/mol. The summed E-state index contributed by atoms with van der Waals surface area (Å²) in [6, 6.07) is 8.25. The van der Waals surface area contributed by atoms with E-state index < -0.39 is 5.97 Å². The summed E-state index contributed by atoms with van der Waals surface area (Å²) in [5.74, 6) is 1.04. The molecule has 176 valence electrons. The highest BCUT2D eigenvalue weighted by Gasteiger charge is 2.70. The van der Waals surface area contributed by atoms with Gasteiger partial charge in [0.25, 0.3) is 0 Å². The van der Waals surface area contributed by atoms with Gasteiger partial charge >= 0.3 is 5.97 Å². The van der Waals surface area contributed by atoms with Crippen molar-refractivity contribution in [2.24, 2.45) is 11.8 Å². The van der Waals surface area contributed by atoms with E-state index in [1.807, 2.05) is 6.20 Å². The number of piperidine rings is 2. The molecular formula is C27H34BrN2O3+. The summed E-state index contributed by atoms with van der Waals surface area (Å²) in [4.78, 5) is 16.5. The first-order valence-corrected chi connectivity index (χ1v) is 13.6. The molecule has 1 N–H and O–H groups in total. The topological polar surface area (TPSA) is 59.4 Å². The van der Waals surface area contributed by atoms with E-state index in [9.17, 15) is 9.90 Å². The van der Waals surface area contributed by atoms with E-state index in [0.717, 1.165) is 70.0 Å². The van der Waals surface area contributed by atoms with Gasteiger partial charge in [-0.15, -0.1) is 0 Å². The fraction of sp³-hybridized carbons (Fsp3) is 0.630. The Balaban J connectivity index is 1.19. The zero-order valence-corrected chi connectivity index (χ0v) is 21.0. The summed E-state index contributed by atoms with van der Waals surface area (Å²) in [5.41, 5.74) is 1.13. The van der Waals surface area contributed by atoms with Crippen molar-refractivity contribution in [1.82, 2.24) is 4.98 Å². The molecule has 6 heteroatoms. The SMILES string of the molecule is CCC1CCC(Oc2ccc3cc(C[N+]45C6CC(C(=O)O)CC4CC5C6)ncc3c2Br)CC1. The molecule has 1 aromatic heterocycles. The molecule has 6 rings (SSSR count). The van der Waals surface area contributed by atoms with E-state index in [0.29, 0.717) is 18.2 Å². The molecule has 0 bridgehead atoms. The first-order valence-electron chi connectivity index (χ1n) is 12.8. The Morgan fingerprint density at radius 2 is 1.82 bits per heavy atom. The van der Waals surface area contributed by atoms with Gasteiger partial charge in [-0.1, -0.05) is 19.4 Å². The molecule has 33 heavy (non-hydrogen) atoms. The minimum atomic E-state index is -0.603. The summed E-state index contributed by atoms with van der Waals surface area (Å²) in [6.07, 6.45) is 12.5. The number of halogens is 1. The van der Waals surface area contributed by atoms with Crippen molar-refractivity contribution in [2.75, 3.05) is 0 Å². The summed E-state index contributed by atoms with van der Waals surface area (Å²) < 4.78 is 8.51. The molecule has 2 aromatic rings. The fourth-order valence-electron chi connectivity index (χ4n) is 7.56. The Morgan fingerprint density at radius 3 is 2.45 bits per heavy atom. The minimum Gasteiger partial charge on any atom is -0.489 e. The van der Waals surface area contributed by atoms with Crippen LogP contribution in [0.1, 0.15) is 70.4 Å². The minimum absolute atomic E-state index is 0.150. The largest absolute Gasteiger partial charge is 0.489 e. The molecule has 0 radical (unpaired) electrons. The highest BCUT2D eigenvalue weighted by molar-refractivity contribution is 9.10. The lowest BCUT2D eigenvalue weighted by molar-refractivity contribution is -1.09. The summed E-state index contributed by atoms with van der Waals surface area (Å²) >= 11 is 3.80. The smallest absolute Gasteiger partial charge is 0.306 e. The number of pyridine rings is 1. The van der Waals surface area contributed by atoms with Crippen molar-refractivity contribution < 1.29 is 19.1 Å².